The third-order valence-corrected chi connectivity index (χ3v) is 9.44. The second-order valence-electron chi connectivity index (χ2n) is 10.2. The second-order valence-corrected chi connectivity index (χ2v) is 11.6. The van der Waals surface area contributed by atoms with Crippen LogP contribution in [0.2, 0.25) is 0 Å². The van der Waals surface area contributed by atoms with Gasteiger partial charge < -0.3 is 9.47 Å². The fraction of sp³-hybridized carbons (Fsp3) is 1.00. The summed E-state index contributed by atoms with van der Waals surface area (Å²) in [6, 6.07) is 0. The lowest BCUT2D eigenvalue weighted by molar-refractivity contribution is -0.304. The average molecular weight is 404 g/mol. The van der Waals surface area contributed by atoms with Crippen molar-refractivity contribution in [3.05, 3.63) is 0 Å². The van der Waals surface area contributed by atoms with E-state index in [-0.39, 0.29) is 30.5 Å². The Morgan fingerprint density at radius 3 is 2.11 bits per heavy atom. The molecule has 1 N–H and O–H groups in total. The number of hydrogen-bond donors (Lipinski definition) is 1. The summed E-state index contributed by atoms with van der Waals surface area (Å²) in [5.74, 6) is -4.61. The average Bonchev–Trinajstić information content (AvgIpc) is 3.20. The summed E-state index contributed by atoms with van der Waals surface area (Å²) in [6.45, 7) is 0. The Morgan fingerprint density at radius 2 is 1.52 bits per heavy atom. The van der Waals surface area contributed by atoms with Crippen molar-refractivity contribution >= 4 is 10.1 Å². The van der Waals surface area contributed by atoms with Crippen LogP contribution in [-0.4, -0.2) is 42.6 Å². The summed E-state index contributed by atoms with van der Waals surface area (Å²) < 4.78 is 73.5. The van der Waals surface area contributed by atoms with E-state index in [0.29, 0.717) is 18.3 Å². The van der Waals surface area contributed by atoms with E-state index < -0.39 is 33.5 Å². The molecule has 152 valence electrons. The van der Waals surface area contributed by atoms with Gasteiger partial charge in [0.25, 0.3) is 16.0 Å². The van der Waals surface area contributed by atoms with Crippen LogP contribution >= 0.6 is 0 Å². The van der Waals surface area contributed by atoms with Crippen LogP contribution in [0.4, 0.5) is 8.78 Å². The molecule has 7 aliphatic rings. The van der Waals surface area contributed by atoms with E-state index in [1.807, 2.05) is 0 Å². The van der Waals surface area contributed by atoms with Gasteiger partial charge in [0.15, 0.2) is 5.79 Å². The number of rotatable bonds is 3. The smallest absolute Gasteiger partial charge is 0.270 e. The first-order valence-corrected chi connectivity index (χ1v) is 11.9. The molecule has 5 atom stereocenters. The number of alkyl halides is 2. The maximum absolute atomic E-state index is 14.6. The zero-order chi connectivity index (χ0) is 18.8. The Kier molecular flexibility index (Phi) is 3.40. The lowest BCUT2D eigenvalue weighted by atomic mass is 9.53. The summed E-state index contributed by atoms with van der Waals surface area (Å²) in [5, 5.41) is 0. The van der Waals surface area contributed by atoms with Crippen LogP contribution in [0.1, 0.15) is 44.9 Å². The van der Waals surface area contributed by atoms with Gasteiger partial charge in [0.2, 0.25) is 0 Å². The molecule has 6 saturated carbocycles. The molecule has 1 spiro atoms. The molecule has 0 amide bonds. The fourth-order valence-electron chi connectivity index (χ4n) is 8.09. The van der Waals surface area contributed by atoms with Crippen molar-refractivity contribution in [2.24, 2.45) is 41.4 Å². The van der Waals surface area contributed by atoms with Crippen LogP contribution < -0.4 is 0 Å². The van der Waals surface area contributed by atoms with E-state index in [1.165, 1.54) is 6.42 Å². The molecule has 8 heteroatoms. The summed E-state index contributed by atoms with van der Waals surface area (Å²) in [4.78, 5) is 0. The van der Waals surface area contributed by atoms with Crippen LogP contribution in [0.5, 0.6) is 0 Å². The van der Waals surface area contributed by atoms with Gasteiger partial charge in [-0.15, -0.1) is 0 Å². The van der Waals surface area contributed by atoms with Crippen LogP contribution in [0.3, 0.4) is 0 Å². The Labute approximate surface area is 157 Å². The van der Waals surface area contributed by atoms with Crippen molar-refractivity contribution in [1.82, 2.24) is 0 Å². The first-order chi connectivity index (χ1) is 12.6. The van der Waals surface area contributed by atoms with Crippen LogP contribution in [-0.2, 0) is 19.6 Å². The maximum atomic E-state index is 14.6. The highest BCUT2D eigenvalue weighted by molar-refractivity contribution is 7.85. The predicted octanol–water partition coefficient (Wildman–Crippen LogP) is 3.10. The van der Waals surface area contributed by atoms with E-state index in [2.05, 4.69) is 0 Å². The zero-order valence-electron chi connectivity index (χ0n) is 15.1. The lowest BCUT2D eigenvalue weighted by Crippen LogP contribution is -2.59. The Morgan fingerprint density at radius 1 is 0.926 bits per heavy atom. The molecule has 1 saturated heterocycles. The van der Waals surface area contributed by atoms with Crippen LogP contribution in [0.25, 0.3) is 0 Å². The monoisotopic (exact) mass is 404 g/mol. The van der Waals surface area contributed by atoms with Crippen LogP contribution in [0.15, 0.2) is 0 Å². The lowest BCUT2D eigenvalue weighted by Gasteiger charge is -2.58. The quantitative estimate of drug-likeness (QED) is 0.732. The molecule has 27 heavy (non-hydrogen) atoms. The van der Waals surface area contributed by atoms with Crippen molar-refractivity contribution in [2.45, 2.75) is 68.9 Å². The molecule has 5 unspecified atom stereocenters. The molecule has 0 radical (unpaired) electrons. The van der Waals surface area contributed by atoms with E-state index in [0.717, 1.165) is 37.5 Å². The molecule has 1 aliphatic heterocycles. The minimum absolute atomic E-state index is 0.00818. The highest BCUT2D eigenvalue weighted by Crippen LogP contribution is 2.67. The van der Waals surface area contributed by atoms with Gasteiger partial charge in [0, 0.05) is 17.8 Å². The Bertz CT molecular complexity index is 740. The molecule has 5 nitrogen and oxygen atoms in total. The largest absolute Gasteiger partial charge is 0.343 e. The summed E-state index contributed by atoms with van der Waals surface area (Å²) >= 11 is 0. The van der Waals surface area contributed by atoms with Crippen molar-refractivity contribution in [3.63, 3.8) is 0 Å². The summed E-state index contributed by atoms with van der Waals surface area (Å²) in [5.41, 5.74) is 0. The number of fused-ring (bicyclic) bond motifs is 5. The van der Waals surface area contributed by atoms with E-state index in [4.69, 9.17) is 14.0 Å². The molecule has 1 heterocycles. The highest BCUT2D eigenvalue weighted by Gasteiger charge is 2.71. The molecule has 7 rings (SSSR count). The Hall–Kier alpha value is -0.310. The molecule has 6 bridgehead atoms. The van der Waals surface area contributed by atoms with E-state index in [9.17, 15) is 17.2 Å². The van der Waals surface area contributed by atoms with Gasteiger partial charge in [0.05, 0.1) is 12.2 Å². The van der Waals surface area contributed by atoms with Gasteiger partial charge in [-0.05, 0) is 68.6 Å². The molecule has 7 fully saturated rings. The normalized spacial score (nSPS) is 55.6. The molecular weight excluding hydrogens is 378 g/mol. The van der Waals surface area contributed by atoms with E-state index in [1.54, 1.807) is 0 Å². The highest BCUT2D eigenvalue weighted by atomic mass is 32.2. The predicted molar refractivity (Wildman–Crippen MR) is 90.6 cm³/mol. The SMILES string of the molecule is O=S(=O)(O)CC(F)(F)C1CC2CC1C1OC3(OC21)C1CC2CC(C1)CC3C2. The van der Waals surface area contributed by atoms with Gasteiger partial charge in [-0.25, -0.2) is 8.78 Å². The summed E-state index contributed by atoms with van der Waals surface area (Å²) in [7, 11) is -4.72. The van der Waals surface area contributed by atoms with Gasteiger partial charge in [-0.3, -0.25) is 4.55 Å². The standard InChI is InChI=1S/C19H26F2O5S/c20-18(21,8-27(22,23)24)15-7-11-6-14(15)17-16(11)25-19(26-17)12-2-9-1-10(4-12)5-13(19)3-9/h9-17H,1-8H2,(H,22,23,24). The second kappa shape index (κ2) is 5.24. The van der Waals surface area contributed by atoms with Crippen molar-refractivity contribution in [2.75, 3.05) is 5.75 Å². The third kappa shape index (κ3) is 2.39. The van der Waals surface area contributed by atoms with Crippen LogP contribution in [0, 0.1) is 41.4 Å². The molecule has 0 aromatic carbocycles. The molecule has 0 aromatic rings. The van der Waals surface area contributed by atoms with Crippen molar-refractivity contribution in [1.29, 1.82) is 0 Å². The number of hydrogen-bond acceptors (Lipinski definition) is 4. The maximum Gasteiger partial charge on any atom is 0.270 e. The van der Waals surface area contributed by atoms with Crippen molar-refractivity contribution in [3.8, 4) is 0 Å². The molecule has 0 aromatic heterocycles. The number of halogens is 2. The summed E-state index contributed by atoms with van der Waals surface area (Å²) in [6.07, 6.45) is 6.24. The number of ether oxygens (including phenoxy) is 2. The zero-order valence-corrected chi connectivity index (χ0v) is 15.9. The first kappa shape index (κ1) is 17.5. The minimum Gasteiger partial charge on any atom is -0.343 e. The topological polar surface area (TPSA) is 72.8 Å². The minimum atomic E-state index is -4.72. The van der Waals surface area contributed by atoms with Gasteiger partial charge in [0.1, 0.15) is 5.75 Å². The van der Waals surface area contributed by atoms with Gasteiger partial charge in [-0.2, -0.15) is 8.42 Å². The molecular formula is C19H26F2O5S. The van der Waals surface area contributed by atoms with E-state index >= 15 is 0 Å². The fourth-order valence-corrected chi connectivity index (χ4v) is 8.79. The van der Waals surface area contributed by atoms with Gasteiger partial charge in [-0.1, -0.05) is 0 Å². The third-order valence-electron chi connectivity index (χ3n) is 8.69. The van der Waals surface area contributed by atoms with Gasteiger partial charge >= 0.3 is 0 Å². The molecule has 6 aliphatic carbocycles. The van der Waals surface area contributed by atoms with Crippen molar-refractivity contribution < 1.29 is 31.2 Å². The Balaban J connectivity index is 1.26. The first-order valence-electron chi connectivity index (χ1n) is 10.3.